The number of likely N-dealkylation sites (N-methyl/N-ethyl adjacent to an activating group) is 1. The number of carbonyl (C=O) groups is 4. The topological polar surface area (TPSA) is 74.8 Å². The van der Waals surface area contributed by atoms with Crippen molar-refractivity contribution in [1.29, 1.82) is 0 Å². The van der Waals surface area contributed by atoms with Gasteiger partial charge in [0.1, 0.15) is 0 Å². The summed E-state index contributed by atoms with van der Waals surface area (Å²) in [4.78, 5) is 47.5. The quantitative estimate of drug-likeness (QED) is 0.518. The van der Waals surface area contributed by atoms with Gasteiger partial charge < -0.3 is 0 Å². The van der Waals surface area contributed by atoms with Crippen LogP contribution in [0, 0.1) is 5.92 Å². The highest BCUT2D eigenvalue weighted by Crippen LogP contribution is 2.26. The largest absolute Gasteiger partial charge is 0.334 e. The van der Waals surface area contributed by atoms with E-state index in [9.17, 15) is 19.2 Å². The van der Waals surface area contributed by atoms with Crippen molar-refractivity contribution in [2.75, 3.05) is 13.6 Å². The van der Waals surface area contributed by atoms with Crippen molar-refractivity contribution in [2.24, 2.45) is 5.92 Å². The molecule has 0 unspecified atom stereocenters. The van der Waals surface area contributed by atoms with Crippen LogP contribution in [0.15, 0.2) is 0 Å². The molecular weight excluding hydrogens is 224 g/mol. The molecule has 0 aromatic carbocycles. The highest BCUT2D eigenvalue weighted by atomic mass is 16.2. The predicted molar refractivity (Wildman–Crippen MR) is 56.8 cm³/mol. The van der Waals surface area contributed by atoms with E-state index in [1.165, 1.54) is 7.05 Å². The fraction of sp³-hybridized carbons (Fsp3) is 0.636. The highest BCUT2D eigenvalue weighted by molar-refractivity contribution is 6.44. The lowest BCUT2D eigenvalue weighted by Gasteiger charge is -2.14. The maximum atomic E-state index is 11.8. The molecule has 92 valence electrons. The molecule has 0 N–H and O–H groups in total. The van der Waals surface area contributed by atoms with Crippen LogP contribution >= 0.6 is 0 Å². The van der Waals surface area contributed by atoms with Gasteiger partial charge in [-0.25, -0.2) is 9.69 Å². The molecule has 0 bridgehead atoms. The molecule has 1 aliphatic carbocycles. The Morgan fingerprint density at radius 2 is 1.76 bits per heavy atom. The molecule has 0 aromatic rings. The van der Waals surface area contributed by atoms with Gasteiger partial charge in [-0.1, -0.05) is 12.8 Å². The Morgan fingerprint density at radius 3 is 2.24 bits per heavy atom. The number of nitrogens with zero attached hydrogens (tertiary/aromatic N) is 2. The molecule has 0 atom stereocenters. The summed E-state index contributed by atoms with van der Waals surface area (Å²) in [6.07, 6.45) is 3.66. The van der Waals surface area contributed by atoms with E-state index >= 15 is 0 Å². The molecule has 2 rings (SSSR count). The predicted octanol–water partition coefficient (Wildman–Crippen LogP) is 0.166. The van der Waals surface area contributed by atoms with Gasteiger partial charge in [0.05, 0.1) is 6.54 Å². The van der Waals surface area contributed by atoms with Crippen molar-refractivity contribution in [3.05, 3.63) is 0 Å². The summed E-state index contributed by atoms with van der Waals surface area (Å²) in [6.45, 7) is -0.265. The van der Waals surface area contributed by atoms with Gasteiger partial charge >= 0.3 is 17.8 Å². The maximum absolute atomic E-state index is 11.8. The van der Waals surface area contributed by atoms with Crippen molar-refractivity contribution < 1.29 is 19.2 Å². The molecule has 1 heterocycles. The van der Waals surface area contributed by atoms with Gasteiger partial charge in [-0.15, -0.1) is 0 Å². The van der Waals surface area contributed by atoms with Crippen LogP contribution in [0.2, 0.25) is 0 Å². The van der Waals surface area contributed by atoms with Crippen LogP contribution in [0.25, 0.3) is 0 Å². The minimum atomic E-state index is -0.899. The number of carbonyl (C=O) groups excluding carboxylic acids is 4. The lowest BCUT2D eigenvalue weighted by Crippen LogP contribution is -2.38. The number of rotatable bonds is 3. The number of amides is 4. The fourth-order valence-electron chi connectivity index (χ4n) is 2.29. The zero-order valence-electron chi connectivity index (χ0n) is 9.64. The summed E-state index contributed by atoms with van der Waals surface area (Å²) in [5, 5.41) is 0. The molecule has 1 saturated carbocycles. The smallest absolute Gasteiger partial charge is 0.297 e. The maximum Gasteiger partial charge on any atom is 0.334 e. The average molecular weight is 238 g/mol. The minimum Gasteiger partial charge on any atom is -0.297 e. The van der Waals surface area contributed by atoms with Gasteiger partial charge in [0.2, 0.25) is 0 Å². The summed E-state index contributed by atoms with van der Waals surface area (Å²) in [5.41, 5.74) is 0. The average Bonchev–Trinajstić information content (AvgIpc) is 2.90. The normalized spacial score (nSPS) is 21.8. The Bertz CT molecular complexity index is 398. The molecule has 1 saturated heterocycles. The Hall–Kier alpha value is -1.72. The highest BCUT2D eigenvalue weighted by Gasteiger charge is 2.43. The van der Waals surface area contributed by atoms with E-state index in [4.69, 9.17) is 0 Å². The number of imide groups is 2. The second kappa shape index (κ2) is 4.27. The first-order valence-corrected chi connectivity index (χ1v) is 5.68. The van der Waals surface area contributed by atoms with Crippen LogP contribution in [0.4, 0.5) is 4.79 Å². The van der Waals surface area contributed by atoms with Gasteiger partial charge in [0, 0.05) is 13.0 Å². The van der Waals surface area contributed by atoms with Crippen LogP contribution in [0.1, 0.15) is 25.7 Å². The second-order valence-electron chi connectivity index (χ2n) is 4.49. The number of Topliss-reactive ketones (excluding diaryl/α,β-unsaturated/α-hetero) is 1. The molecule has 0 radical (unpaired) electrons. The summed E-state index contributed by atoms with van der Waals surface area (Å²) >= 11 is 0. The first-order chi connectivity index (χ1) is 8.02. The van der Waals surface area contributed by atoms with Crippen LogP contribution in [0.5, 0.6) is 0 Å². The monoisotopic (exact) mass is 238 g/mol. The van der Waals surface area contributed by atoms with Crippen molar-refractivity contribution in [1.82, 2.24) is 9.80 Å². The second-order valence-corrected chi connectivity index (χ2v) is 4.49. The Morgan fingerprint density at radius 1 is 1.18 bits per heavy atom. The van der Waals surface area contributed by atoms with Crippen molar-refractivity contribution >= 4 is 23.6 Å². The summed E-state index contributed by atoms with van der Waals surface area (Å²) < 4.78 is 0. The van der Waals surface area contributed by atoms with Gasteiger partial charge in [-0.2, -0.15) is 0 Å². The molecule has 1 aliphatic heterocycles. The molecule has 6 heteroatoms. The van der Waals surface area contributed by atoms with Crippen LogP contribution in [-0.2, 0) is 14.4 Å². The van der Waals surface area contributed by atoms with Gasteiger partial charge in [0.25, 0.3) is 0 Å². The number of ketones is 1. The molecule has 2 aliphatic rings. The first kappa shape index (κ1) is 11.8. The third-order valence-electron chi connectivity index (χ3n) is 3.38. The van der Waals surface area contributed by atoms with Gasteiger partial charge in [-0.3, -0.25) is 19.3 Å². The SMILES string of the molecule is CN1C(=O)C(=O)N(CC(=O)C2CCCC2)C1=O. The standard InChI is InChI=1S/C11H14N2O4/c1-12-9(15)10(16)13(11(12)17)6-8(14)7-4-2-3-5-7/h7H,2-6H2,1H3. The molecule has 0 aromatic heterocycles. The van der Waals surface area contributed by atoms with Crippen molar-refractivity contribution in [3.8, 4) is 0 Å². The van der Waals surface area contributed by atoms with Crippen LogP contribution < -0.4 is 0 Å². The summed E-state index contributed by atoms with van der Waals surface area (Å²) in [7, 11) is 1.24. The Labute approximate surface area is 98.5 Å². The Balaban J connectivity index is 2.03. The van der Waals surface area contributed by atoms with Gasteiger partial charge in [0.15, 0.2) is 5.78 Å². The van der Waals surface area contributed by atoms with E-state index < -0.39 is 17.8 Å². The van der Waals surface area contributed by atoms with Crippen molar-refractivity contribution in [3.63, 3.8) is 0 Å². The molecule has 17 heavy (non-hydrogen) atoms. The van der Waals surface area contributed by atoms with E-state index in [1.54, 1.807) is 0 Å². The third-order valence-corrected chi connectivity index (χ3v) is 3.38. The fourth-order valence-corrected chi connectivity index (χ4v) is 2.29. The first-order valence-electron chi connectivity index (χ1n) is 5.68. The number of urea groups is 1. The van der Waals surface area contributed by atoms with E-state index in [0.717, 1.165) is 35.5 Å². The van der Waals surface area contributed by atoms with Crippen LogP contribution in [0.3, 0.4) is 0 Å². The molecular formula is C11H14N2O4. The summed E-state index contributed by atoms with van der Waals surface area (Å²) in [5.74, 6) is -1.94. The van der Waals surface area contributed by atoms with E-state index in [0.29, 0.717) is 0 Å². The lowest BCUT2D eigenvalue weighted by atomic mass is 10.0. The van der Waals surface area contributed by atoms with Crippen molar-refractivity contribution in [2.45, 2.75) is 25.7 Å². The van der Waals surface area contributed by atoms with E-state index in [2.05, 4.69) is 0 Å². The van der Waals surface area contributed by atoms with E-state index in [-0.39, 0.29) is 18.2 Å². The Kier molecular flexibility index (Phi) is 2.95. The zero-order valence-corrected chi connectivity index (χ0v) is 9.64. The number of hydrogen-bond acceptors (Lipinski definition) is 4. The number of hydrogen-bond donors (Lipinski definition) is 0. The lowest BCUT2D eigenvalue weighted by molar-refractivity contribution is -0.143. The minimum absolute atomic E-state index is 0.0587. The van der Waals surface area contributed by atoms with E-state index in [1.807, 2.05) is 0 Å². The van der Waals surface area contributed by atoms with Gasteiger partial charge in [-0.05, 0) is 12.8 Å². The molecule has 2 fully saturated rings. The third kappa shape index (κ3) is 1.94. The van der Waals surface area contributed by atoms with Crippen LogP contribution in [-0.4, -0.2) is 47.0 Å². The summed E-state index contributed by atoms with van der Waals surface area (Å²) in [6, 6.07) is -0.702. The zero-order chi connectivity index (χ0) is 12.6. The molecule has 0 spiro atoms. The molecule has 6 nitrogen and oxygen atoms in total. The molecule has 4 amide bonds.